The van der Waals surface area contributed by atoms with Crippen LogP contribution in [0.3, 0.4) is 0 Å². The highest BCUT2D eigenvalue weighted by Crippen LogP contribution is 2.31. The summed E-state index contributed by atoms with van der Waals surface area (Å²) in [5.74, 6) is 3.75. The van der Waals surface area contributed by atoms with Crippen molar-refractivity contribution in [2.45, 2.75) is 160 Å². The SMILES string of the molecule is CC.CC.CC.CC(C)c1ccc(C(C)C)c2ccccc12.CC(C)c1ccc(C(C)C)cc1.CC(C)c1cccc(C(C)C)c1. The Bertz CT molecular complexity index is 1190. The highest BCUT2D eigenvalue weighted by Gasteiger charge is 2.10. The molecule has 0 aromatic heterocycles. The molecule has 0 bridgehead atoms. The van der Waals surface area contributed by atoms with Gasteiger partial charge >= 0.3 is 0 Å². The molecule has 0 unspecified atom stereocenters. The molecule has 0 amide bonds. The summed E-state index contributed by atoms with van der Waals surface area (Å²) in [4.78, 5) is 0. The Morgan fingerprint density at radius 2 is 0.565 bits per heavy atom. The second-order valence-electron chi connectivity index (χ2n) is 13.1. The van der Waals surface area contributed by atoms with Gasteiger partial charge in [-0.15, -0.1) is 0 Å². The Hall–Kier alpha value is -2.86. The maximum atomic E-state index is 2.31. The zero-order valence-electron chi connectivity index (χ0n) is 33.5. The summed E-state index contributed by atoms with van der Waals surface area (Å²) in [6, 6.07) is 31.2. The van der Waals surface area contributed by atoms with Gasteiger partial charge in [-0.1, -0.05) is 210 Å². The molecule has 0 nitrogen and oxygen atoms in total. The first-order chi connectivity index (χ1) is 21.8. The van der Waals surface area contributed by atoms with Gasteiger partial charge in [-0.05, 0) is 79.7 Å². The summed E-state index contributed by atoms with van der Waals surface area (Å²) in [5, 5.41) is 2.84. The van der Waals surface area contributed by atoms with Crippen molar-refractivity contribution in [3.63, 3.8) is 0 Å². The van der Waals surface area contributed by atoms with Crippen LogP contribution in [0, 0.1) is 0 Å². The van der Waals surface area contributed by atoms with Gasteiger partial charge in [0.2, 0.25) is 0 Å². The summed E-state index contributed by atoms with van der Waals surface area (Å²) in [6.45, 7) is 38.9. The van der Waals surface area contributed by atoms with E-state index in [4.69, 9.17) is 0 Å². The van der Waals surface area contributed by atoms with E-state index in [0.29, 0.717) is 35.5 Å². The molecule has 0 aliphatic heterocycles. The molecule has 258 valence electrons. The minimum absolute atomic E-state index is 0.589. The molecule has 0 radical (unpaired) electrons. The summed E-state index contributed by atoms with van der Waals surface area (Å²) in [6.07, 6.45) is 0. The van der Waals surface area contributed by atoms with E-state index < -0.39 is 0 Å². The quantitative estimate of drug-likeness (QED) is 0.200. The maximum absolute atomic E-state index is 2.31. The van der Waals surface area contributed by atoms with Crippen molar-refractivity contribution in [1.29, 1.82) is 0 Å². The molecule has 0 spiro atoms. The molecule has 0 saturated heterocycles. The fourth-order valence-electron chi connectivity index (χ4n) is 4.90. The Balaban J connectivity index is 0. The second kappa shape index (κ2) is 25.3. The van der Waals surface area contributed by atoms with Crippen LogP contribution in [-0.2, 0) is 0 Å². The molecule has 0 heteroatoms. The first-order valence-corrected chi connectivity index (χ1v) is 18.5. The standard InChI is InChI=1S/C16H20.2C12H18.3C2H6/c1-11(2)13-9-10-14(12(3)4)16-8-6-5-7-15(13)16;1-9(2)11-5-7-12(8-6-11)10(3)4;1-9(2)11-6-5-7-12(8-11)10(3)4;3*1-2/h5-12H,1-4H3;2*5-10H,1-4H3;3*1-2H3. The van der Waals surface area contributed by atoms with E-state index in [1.165, 1.54) is 44.2 Å². The van der Waals surface area contributed by atoms with Gasteiger partial charge in [0.15, 0.2) is 0 Å². The molecule has 0 fully saturated rings. The van der Waals surface area contributed by atoms with Crippen LogP contribution in [0.2, 0.25) is 0 Å². The smallest absolute Gasteiger partial charge is 0.0146 e. The molecular formula is C46H74. The molecule has 0 aliphatic rings. The molecule has 4 aromatic rings. The van der Waals surface area contributed by atoms with Crippen LogP contribution in [0.1, 0.15) is 194 Å². The number of fused-ring (bicyclic) bond motifs is 1. The Kier molecular flexibility index (Phi) is 24.9. The van der Waals surface area contributed by atoms with Crippen LogP contribution in [0.25, 0.3) is 10.8 Å². The van der Waals surface area contributed by atoms with E-state index in [1.807, 2.05) is 41.5 Å². The van der Waals surface area contributed by atoms with Gasteiger partial charge in [0.25, 0.3) is 0 Å². The summed E-state index contributed by atoms with van der Waals surface area (Å²) in [5.41, 5.74) is 8.67. The zero-order chi connectivity index (χ0) is 36.0. The van der Waals surface area contributed by atoms with Crippen LogP contribution >= 0.6 is 0 Å². The summed E-state index contributed by atoms with van der Waals surface area (Å²) < 4.78 is 0. The van der Waals surface area contributed by atoms with Gasteiger partial charge in [0, 0.05) is 0 Å². The van der Waals surface area contributed by atoms with Crippen molar-refractivity contribution < 1.29 is 0 Å². The molecule has 0 aliphatic carbocycles. The fourth-order valence-corrected chi connectivity index (χ4v) is 4.90. The lowest BCUT2D eigenvalue weighted by Gasteiger charge is -2.15. The first-order valence-electron chi connectivity index (χ1n) is 18.5. The van der Waals surface area contributed by atoms with Gasteiger partial charge < -0.3 is 0 Å². The number of rotatable bonds is 6. The van der Waals surface area contributed by atoms with E-state index in [2.05, 4.69) is 168 Å². The number of benzene rings is 4. The minimum Gasteiger partial charge on any atom is -0.0683 e. The van der Waals surface area contributed by atoms with Crippen LogP contribution in [0.15, 0.2) is 84.9 Å². The van der Waals surface area contributed by atoms with Crippen LogP contribution in [-0.4, -0.2) is 0 Å². The first kappa shape index (κ1) is 45.3. The number of hydrogen-bond donors (Lipinski definition) is 0. The van der Waals surface area contributed by atoms with E-state index in [1.54, 1.807) is 0 Å². The topological polar surface area (TPSA) is 0 Å². The van der Waals surface area contributed by atoms with Crippen molar-refractivity contribution in [1.82, 2.24) is 0 Å². The molecule has 46 heavy (non-hydrogen) atoms. The molecule has 0 atom stereocenters. The largest absolute Gasteiger partial charge is 0.0683 e. The van der Waals surface area contributed by atoms with Crippen LogP contribution in [0.5, 0.6) is 0 Å². The van der Waals surface area contributed by atoms with Crippen molar-refractivity contribution >= 4 is 10.8 Å². The van der Waals surface area contributed by atoms with Gasteiger partial charge in [0.1, 0.15) is 0 Å². The number of hydrogen-bond acceptors (Lipinski definition) is 0. The zero-order valence-corrected chi connectivity index (χ0v) is 33.5. The van der Waals surface area contributed by atoms with Gasteiger partial charge in [-0.25, -0.2) is 0 Å². The molecule has 0 saturated carbocycles. The second-order valence-corrected chi connectivity index (χ2v) is 13.1. The van der Waals surface area contributed by atoms with Gasteiger partial charge in [-0.2, -0.15) is 0 Å². The molecule has 0 N–H and O–H groups in total. The lowest BCUT2D eigenvalue weighted by atomic mass is 9.89. The summed E-state index contributed by atoms with van der Waals surface area (Å²) in [7, 11) is 0. The normalized spacial score (nSPS) is 10.3. The molecule has 0 heterocycles. The predicted molar refractivity (Wildman–Crippen MR) is 215 cm³/mol. The fraction of sp³-hybridized carbons (Fsp3) is 0.522. The van der Waals surface area contributed by atoms with Crippen molar-refractivity contribution in [3.05, 3.63) is 118 Å². The molecular weight excluding hydrogens is 553 g/mol. The minimum atomic E-state index is 0.589. The molecule has 4 rings (SSSR count). The summed E-state index contributed by atoms with van der Waals surface area (Å²) >= 11 is 0. The lowest BCUT2D eigenvalue weighted by Crippen LogP contribution is -1.95. The lowest BCUT2D eigenvalue weighted by molar-refractivity contribution is 0.834. The van der Waals surface area contributed by atoms with Crippen LogP contribution < -0.4 is 0 Å². The predicted octanol–water partition coefficient (Wildman–Crippen LogP) is 16.0. The van der Waals surface area contributed by atoms with Crippen molar-refractivity contribution in [2.75, 3.05) is 0 Å². The molecule has 4 aromatic carbocycles. The van der Waals surface area contributed by atoms with Gasteiger partial charge in [-0.3, -0.25) is 0 Å². The third kappa shape index (κ3) is 15.6. The van der Waals surface area contributed by atoms with Crippen LogP contribution in [0.4, 0.5) is 0 Å². The van der Waals surface area contributed by atoms with E-state index >= 15 is 0 Å². The third-order valence-electron chi connectivity index (χ3n) is 7.75. The highest BCUT2D eigenvalue weighted by molar-refractivity contribution is 5.89. The highest BCUT2D eigenvalue weighted by atomic mass is 14.1. The third-order valence-corrected chi connectivity index (χ3v) is 7.75. The van der Waals surface area contributed by atoms with Gasteiger partial charge in [0.05, 0.1) is 0 Å². The Labute approximate surface area is 288 Å². The monoisotopic (exact) mass is 627 g/mol. The van der Waals surface area contributed by atoms with Crippen molar-refractivity contribution in [3.8, 4) is 0 Å². The maximum Gasteiger partial charge on any atom is -0.0146 e. The van der Waals surface area contributed by atoms with E-state index in [0.717, 1.165) is 0 Å². The van der Waals surface area contributed by atoms with E-state index in [-0.39, 0.29) is 0 Å². The Morgan fingerprint density at radius 1 is 0.283 bits per heavy atom. The average Bonchev–Trinajstić information content (AvgIpc) is 3.07. The average molecular weight is 627 g/mol. The van der Waals surface area contributed by atoms with E-state index in [9.17, 15) is 0 Å². The Morgan fingerprint density at radius 3 is 0.804 bits per heavy atom. The van der Waals surface area contributed by atoms with Crippen molar-refractivity contribution in [2.24, 2.45) is 0 Å².